The number of rotatable bonds is 2. The van der Waals surface area contributed by atoms with E-state index in [0.29, 0.717) is 0 Å². The third-order valence-electron chi connectivity index (χ3n) is 5.17. The largest absolute Gasteiger partial charge is 3.00 e. The van der Waals surface area contributed by atoms with Crippen molar-refractivity contribution < 1.29 is 39.6 Å². The van der Waals surface area contributed by atoms with Gasteiger partial charge in [0.15, 0.2) is 0 Å². The Morgan fingerprint density at radius 1 is 0.474 bits per heavy atom. The Morgan fingerprint density at radius 3 is 1.21 bits per heavy atom. The third-order valence-corrected chi connectivity index (χ3v) is 5.17. The summed E-state index contributed by atoms with van der Waals surface area (Å²) in [7, 11) is -6.00. The van der Waals surface area contributed by atoms with Crippen LogP contribution in [-0.4, -0.2) is 17.2 Å². The normalized spacial score (nSPS) is 10.4. The molecule has 0 aliphatic rings. The van der Waals surface area contributed by atoms with Crippen molar-refractivity contribution in [2.45, 2.75) is 0 Å². The van der Waals surface area contributed by atoms with E-state index in [9.17, 15) is 17.3 Å². The second kappa shape index (κ2) is 13.7. The van der Waals surface area contributed by atoms with Crippen LogP contribution in [0.25, 0.3) is 44.3 Å². The van der Waals surface area contributed by atoms with E-state index in [-0.39, 0.29) is 22.4 Å². The van der Waals surface area contributed by atoms with Crippen molar-refractivity contribution in [1.29, 1.82) is 0 Å². The first kappa shape index (κ1) is 28.8. The Bertz CT molecular complexity index is 1460. The topological polar surface area (TPSA) is 25.8 Å². The van der Waals surface area contributed by atoms with Crippen molar-refractivity contribution in [3.63, 3.8) is 0 Å². The first-order valence-electron chi connectivity index (χ1n) is 11.4. The molecule has 0 fully saturated rings. The first-order chi connectivity index (χ1) is 17.9. The Balaban J connectivity index is 0.000000176. The molecule has 0 bridgehead atoms. The summed E-state index contributed by atoms with van der Waals surface area (Å²) in [6.07, 6.45) is 0. The van der Waals surface area contributed by atoms with Gasteiger partial charge in [-0.2, -0.15) is 0 Å². The summed E-state index contributed by atoms with van der Waals surface area (Å²) in [5.74, 6) is 0. The number of para-hydroxylation sites is 2. The maximum atomic E-state index is 9.75. The monoisotopic (exact) mass is 692 g/mol. The predicted octanol–water partition coefficient (Wildman–Crippen LogP) is 8.70. The second-order valence-corrected chi connectivity index (χ2v) is 7.83. The van der Waals surface area contributed by atoms with Crippen LogP contribution in [0.15, 0.2) is 121 Å². The Labute approximate surface area is 234 Å². The van der Waals surface area contributed by atoms with Crippen LogP contribution in [-0.2, 0) is 22.4 Å². The van der Waals surface area contributed by atoms with Gasteiger partial charge in [0.1, 0.15) is 0 Å². The fourth-order valence-electron chi connectivity index (χ4n) is 3.54. The zero-order valence-electron chi connectivity index (χ0n) is 19.8. The number of hydrogen-bond donors (Lipinski definition) is 0. The van der Waals surface area contributed by atoms with Gasteiger partial charge < -0.3 is 17.3 Å². The summed E-state index contributed by atoms with van der Waals surface area (Å²) < 4.78 is 39.0. The van der Waals surface area contributed by atoms with E-state index in [1.165, 1.54) is 10.8 Å². The predicted molar refractivity (Wildman–Crippen MR) is 142 cm³/mol. The molecule has 2 nitrogen and oxygen atoms in total. The zero-order valence-corrected chi connectivity index (χ0v) is 22.0. The van der Waals surface area contributed by atoms with Gasteiger partial charge in [0, 0.05) is 0 Å². The van der Waals surface area contributed by atoms with E-state index in [1.54, 1.807) is 0 Å². The van der Waals surface area contributed by atoms with Crippen LogP contribution in [0.2, 0.25) is 0 Å². The summed E-state index contributed by atoms with van der Waals surface area (Å²) in [6, 6.07) is 46.7. The van der Waals surface area contributed by atoms with Crippen molar-refractivity contribution in [2.75, 3.05) is 0 Å². The molecule has 0 N–H and O–H groups in total. The SMILES string of the molecule is F[B-](F)(F)F.[Au+3].[c-]1ccccc1-c1ccc2ccccc2n1.[c-]1ccccc1-c1ccc2ccccc2n1. The molecular formula is C30H20AuBF4N2. The minimum absolute atomic E-state index is 0. The van der Waals surface area contributed by atoms with Crippen molar-refractivity contribution in [3.8, 4) is 22.5 Å². The molecule has 0 saturated carbocycles. The van der Waals surface area contributed by atoms with Crippen LogP contribution in [0.3, 0.4) is 0 Å². The summed E-state index contributed by atoms with van der Waals surface area (Å²) in [5.41, 5.74) is 6.06. The van der Waals surface area contributed by atoms with Crippen LogP contribution < -0.4 is 0 Å². The van der Waals surface area contributed by atoms with Gasteiger partial charge in [-0.25, -0.2) is 0 Å². The molecule has 0 unspecified atom stereocenters. The number of hydrogen-bond acceptors (Lipinski definition) is 2. The van der Waals surface area contributed by atoms with E-state index in [0.717, 1.165) is 33.5 Å². The maximum Gasteiger partial charge on any atom is 3.00 e. The quantitative estimate of drug-likeness (QED) is 0.103. The molecule has 8 heteroatoms. The van der Waals surface area contributed by atoms with Crippen LogP contribution in [0.1, 0.15) is 0 Å². The second-order valence-electron chi connectivity index (χ2n) is 7.83. The van der Waals surface area contributed by atoms with Crippen molar-refractivity contribution in [3.05, 3.63) is 133 Å². The number of fused-ring (bicyclic) bond motifs is 2. The smallest absolute Gasteiger partial charge is 0.418 e. The van der Waals surface area contributed by atoms with Crippen LogP contribution >= 0.6 is 0 Å². The van der Waals surface area contributed by atoms with Gasteiger partial charge in [0.05, 0.1) is 11.0 Å². The van der Waals surface area contributed by atoms with Gasteiger partial charge in [-0.3, -0.25) is 9.97 Å². The molecule has 0 amide bonds. The molecular weight excluding hydrogens is 672 g/mol. The van der Waals surface area contributed by atoms with E-state index < -0.39 is 7.25 Å². The molecule has 0 atom stereocenters. The van der Waals surface area contributed by atoms with Crippen LogP contribution in [0.5, 0.6) is 0 Å². The van der Waals surface area contributed by atoms with Gasteiger partial charge in [-0.05, 0) is 34.3 Å². The minimum atomic E-state index is -6.00. The number of nitrogens with zero attached hydrogens (tertiary/aromatic N) is 2. The molecule has 0 spiro atoms. The van der Waals surface area contributed by atoms with Gasteiger partial charge in [0.25, 0.3) is 0 Å². The molecule has 4 aromatic carbocycles. The average Bonchev–Trinajstić information content (AvgIpc) is 2.93. The van der Waals surface area contributed by atoms with Crippen LogP contribution in [0, 0.1) is 12.1 Å². The van der Waals surface area contributed by atoms with Gasteiger partial charge in [-0.1, -0.05) is 60.7 Å². The molecule has 38 heavy (non-hydrogen) atoms. The van der Waals surface area contributed by atoms with Gasteiger partial charge in [-0.15, -0.1) is 71.8 Å². The number of aromatic nitrogens is 2. The summed E-state index contributed by atoms with van der Waals surface area (Å²) in [6.45, 7) is 0. The Hall–Kier alpha value is -3.77. The van der Waals surface area contributed by atoms with E-state index in [4.69, 9.17) is 0 Å². The molecule has 2 heterocycles. The van der Waals surface area contributed by atoms with Gasteiger partial charge >= 0.3 is 29.6 Å². The number of halogens is 4. The van der Waals surface area contributed by atoms with Crippen LogP contribution in [0.4, 0.5) is 17.3 Å². The summed E-state index contributed by atoms with van der Waals surface area (Å²) >= 11 is 0. The van der Waals surface area contributed by atoms with E-state index in [2.05, 4.69) is 46.4 Å². The molecule has 192 valence electrons. The molecule has 0 aliphatic carbocycles. The molecule has 2 aromatic heterocycles. The first-order valence-corrected chi connectivity index (χ1v) is 11.4. The average molecular weight is 692 g/mol. The maximum absolute atomic E-state index is 9.75. The van der Waals surface area contributed by atoms with Crippen molar-refractivity contribution in [1.82, 2.24) is 9.97 Å². The van der Waals surface area contributed by atoms with Crippen molar-refractivity contribution >= 4 is 29.1 Å². The Kier molecular flexibility index (Phi) is 10.4. The van der Waals surface area contributed by atoms with E-state index in [1.807, 2.05) is 97.1 Å². The van der Waals surface area contributed by atoms with Gasteiger partial charge in [0.2, 0.25) is 0 Å². The molecule has 6 rings (SSSR count). The number of benzene rings is 4. The Morgan fingerprint density at radius 2 is 0.842 bits per heavy atom. The molecule has 0 saturated heterocycles. The van der Waals surface area contributed by atoms with E-state index >= 15 is 0 Å². The number of pyridine rings is 2. The molecule has 0 radical (unpaired) electrons. The molecule has 6 aromatic rings. The fourth-order valence-corrected chi connectivity index (χ4v) is 3.54. The zero-order chi connectivity index (χ0) is 26.1. The minimum Gasteiger partial charge on any atom is -0.418 e. The third kappa shape index (κ3) is 8.66. The molecule has 0 aliphatic heterocycles. The van der Waals surface area contributed by atoms with Crippen molar-refractivity contribution in [2.24, 2.45) is 0 Å². The fraction of sp³-hybridized carbons (Fsp3) is 0. The summed E-state index contributed by atoms with van der Waals surface area (Å²) in [5, 5.41) is 2.34. The summed E-state index contributed by atoms with van der Waals surface area (Å²) in [4.78, 5) is 9.23. The standard InChI is InChI=1S/2C15H10N.Au.BF4/c2*1-2-6-12(7-3-1)15-11-10-13-8-4-5-9-14(13)16-15;;2-1(3,4)5/h2*1-6,8-11H;;/q2*-1;+3;-1.